The lowest BCUT2D eigenvalue weighted by molar-refractivity contribution is -0.145. The summed E-state index contributed by atoms with van der Waals surface area (Å²) in [5, 5.41) is 2.48. The fourth-order valence-electron chi connectivity index (χ4n) is 2.84. The summed E-state index contributed by atoms with van der Waals surface area (Å²) in [5.41, 5.74) is 1.27. The molecule has 0 saturated carbocycles. The Balaban J connectivity index is 2.21. The predicted octanol–water partition coefficient (Wildman–Crippen LogP) is 5.31. The molecule has 0 heterocycles. The van der Waals surface area contributed by atoms with E-state index in [1.165, 1.54) is 16.3 Å². The van der Waals surface area contributed by atoms with Crippen molar-refractivity contribution < 1.29 is 9.53 Å². The van der Waals surface area contributed by atoms with Crippen LogP contribution in [0.25, 0.3) is 10.8 Å². The number of esters is 1. The average Bonchev–Trinajstić information content (AvgIpc) is 2.52. The molecule has 2 aromatic rings. The zero-order valence-corrected chi connectivity index (χ0v) is 13.8. The maximum atomic E-state index is 12.1. The monoisotopic (exact) mass is 298 g/mol. The normalized spacial score (nSPS) is 12.5. The van der Waals surface area contributed by atoms with E-state index in [9.17, 15) is 4.79 Å². The summed E-state index contributed by atoms with van der Waals surface area (Å²) in [4.78, 5) is 12.1. The Morgan fingerprint density at radius 3 is 2.55 bits per heavy atom. The quantitative estimate of drug-likeness (QED) is 0.647. The Bertz CT molecular complexity index is 611. The van der Waals surface area contributed by atoms with Gasteiger partial charge >= 0.3 is 5.97 Å². The van der Waals surface area contributed by atoms with Gasteiger partial charge in [-0.3, -0.25) is 4.79 Å². The van der Waals surface area contributed by atoms with Crippen LogP contribution in [0.5, 0.6) is 0 Å². The van der Waals surface area contributed by atoms with Crippen LogP contribution in [-0.2, 0) is 9.53 Å². The Morgan fingerprint density at radius 1 is 1.09 bits per heavy atom. The fourth-order valence-corrected chi connectivity index (χ4v) is 2.84. The number of carbonyl (C=O) groups is 1. The average molecular weight is 298 g/mol. The summed E-state index contributed by atoms with van der Waals surface area (Å²) >= 11 is 0. The van der Waals surface area contributed by atoms with Gasteiger partial charge in [0.2, 0.25) is 0 Å². The van der Waals surface area contributed by atoms with E-state index in [4.69, 9.17) is 4.74 Å². The van der Waals surface area contributed by atoms with Crippen LogP contribution in [0.1, 0.15) is 51.5 Å². The van der Waals surface area contributed by atoms with Crippen LogP contribution < -0.4 is 0 Å². The van der Waals surface area contributed by atoms with Crippen LogP contribution in [0.3, 0.4) is 0 Å². The smallest absolute Gasteiger partial charge is 0.306 e. The molecular formula is C20H26O2. The Labute approximate surface area is 133 Å². The zero-order chi connectivity index (χ0) is 15.9. The lowest BCUT2D eigenvalue weighted by Crippen LogP contribution is -2.14. The van der Waals surface area contributed by atoms with Crippen LogP contribution >= 0.6 is 0 Å². The molecule has 0 N–H and O–H groups in total. The molecule has 118 valence electrons. The van der Waals surface area contributed by atoms with Gasteiger partial charge in [-0.25, -0.2) is 0 Å². The van der Waals surface area contributed by atoms with Crippen molar-refractivity contribution in [2.24, 2.45) is 5.92 Å². The molecule has 22 heavy (non-hydrogen) atoms. The highest BCUT2D eigenvalue weighted by Gasteiger charge is 2.18. The van der Waals surface area contributed by atoms with Crippen molar-refractivity contribution in [3.05, 3.63) is 48.0 Å². The summed E-state index contributed by atoms with van der Waals surface area (Å²) in [6, 6.07) is 14.7. The third kappa shape index (κ3) is 4.33. The van der Waals surface area contributed by atoms with Gasteiger partial charge in [-0.15, -0.1) is 0 Å². The van der Waals surface area contributed by atoms with Gasteiger partial charge in [0.05, 0.1) is 13.0 Å². The van der Waals surface area contributed by atoms with Gasteiger partial charge in [0.1, 0.15) is 0 Å². The summed E-state index contributed by atoms with van der Waals surface area (Å²) in [6.45, 7) is 6.79. The van der Waals surface area contributed by atoms with E-state index >= 15 is 0 Å². The topological polar surface area (TPSA) is 26.3 Å². The van der Waals surface area contributed by atoms with E-state index in [1.807, 2.05) is 0 Å². The van der Waals surface area contributed by atoms with E-state index in [0.717, 1.165) is 12.8 Å². The lowest BCUT2D eigenvalue weighted by atomic mass is 9.88. The predicted molar refractivity (Wildman–Crippen MR) is 92.0 cm³/mol. The van der Waals surface area contributed by atoms with E-state index in [1.54, 1.807) is 0 Å². The third-order valence-electron chi connectivity index (χ3n) is 3.89. The van der Waals surface area contributed by atoms with Crippen molar-refractivity contribution in [2.45, 2.75) is 46.0 Å². The van der Waals surface area contributed by atoms with E-state index in [0.29, 0.717) is 18.9 Å². The van der Waals surface area contributed by atoms with Gasteiger partial charge in [0.25, 0.3) is 0 Å². The highest BCUT2D eigenvalue weighted by atomic mass is 16.5. The summed E-state index contributed by atoms with van der Waals surface area (Å²) < 4.78 is 5.37. The molecule has 0 bridgehead atoms. The van der Waals surface area contributed by atoms with Gasteiger partial charge in [-0.05, 0) is 34.6 Å². The molecule has 0 radical (unpaired) electrons. The van der Waals surface area contributed by atoms with Crippen molar-refractivity contribution in [1.82, 2.24) is 0 Å². The number of ether oxygens (including phenoxy) is 1. The van der Waals surface area contributed by atoms with E-state index in [-0.39, 0.29) is 11.9 Å². The van der Waals surface area contributed by atoms with Crippen molar-refractivity contribution >= 4 is 16.7 Å². The Kier molecular flexibility index (Phi) is 6.00. The molecule has 0 amide bonds. The van der Waals surface area contributed by atoms with Crippen LogP contribution in [0.4, 0.5) is 0 Å². The molecular weight excluding hydrogens is 272 g/mol. The van der Waals surface area contributed by atoms with E-state index < -0.39 is 0 Å². The number of hydrogen-bond donors (Lipinski definition) is 0. The maximum Gasteiger partial charge on any atom is 0.306 e. The number of benzene rings is 2. The molecule has 0 spiro atoms. The SMILES string of the molecule is CCCC(CC(=O)OCC(C)C)c1cccc2ccccc12. The molecule has 0 aliphatic heterocycles. The van der Waals surface area contributed by atoms with Crippen LogP contribution in [0.2, 0.25) is 0 Å². The molecule has 1 atom stereocenters. The van der Waals surface area contributed by atoms with Gasteiger partial charge in [-0.2, -0.15) is 0 Å². The van der Waals surface area contributed by atoms with Crippen LogP contribution in [0, 0.1) is 5.92 Å². The molecule has 2 aromatic carbocycles. The highest BCUT2D eigenvalue weighted by Crippen LogP contribution is 2.31. The van der Waals surface area contributed by atoms with Crippen molar-refractivity contribution in [1.29, 1.82) is 0 Å². The van der Waals surface area contributed by atoms with E-state index in [2.05, 4.69) is 63.2 Å². The van der Waals surface area contributed by atoms with Crippen molar-refractivity contribution in [3.8, 4) is 0 Å². The standard InChI is InChI=1S/C20H26O2/c1-4-8-17(13-20(21)22-14-15(2)3)19-12-7-10-16-9-5-6-11-18(16)19/h5-7,9-12,15,17H,4,8,13-14H2,1-3H3. The summed E-state index contributed by atoms with van der Waals surface area (Å²) in [6.07, 6.45) is 2.53. The molecule has 0 aliphatic carbocycles. The van der Waals surface area contributed by atoms with Crippen LogP contribution in [-0.4, -0.2) is 12.6 Å². The number of fused-ring (bicyclic) bond motifs is 1. The molecule has 0 aromatic heterocycles. The van der Waals surface area contributed by atoms with Gasteiger partial charge in [0, 0.05) is 0 Å². The lowest BCUT2D eigenvalue weighted by Gasteiger charge is -2.18. The Morgan fingerprint density at radius 2 is 1.82 bits per heavy atom. The first kappa shape index (κ1) is 16.5. The zero-order valence-electron chi connectivity index (χ0n) is 13.8. The second-order valence-corrected chi connectivity index (χ2v) is 6.33. The minimum Gasteiger partial charge on any atom is -0.465 e. The van der Waals surface area contributed by atoms with Gasteiger partial charge in [0.15, 0.2) is 0 Å². The second-order valence-electron chi connectivity index (χ2n) is 6.33. The van der Waals surface area contributed by atoms with Crippen molar-refractivity contribution in [3.63, 3.8) is 0 Å². The summed E-state index contributed by atoms with van der Waals surface area (Å²) in [7, 11) is 0. The number of rotatable bonds is 7. The number of carbonyl (C=O) groups excluding carboxylic acids is 1. The van der Waals surface area contributed by atoms with Crippen molar-refractivity contribution in [2.75, 3.05) is 6.61 Å². The van der Waals surface area contributed by atoms with Gasteiger partial charge < -0.3 is 4.74 Å². The molecule has 2 rings (SSSR count). The molecule has 0 fully saturated rings. The molecule has 0 aliphatic rings. The maximum absolute atomic E-state index is 12.1. The molecule has 1 unspecified atom stereocenters. The first-order valence-electron chi connectivity index (χ1n) is 8.25. The highest BCUT2D eigenvalue weighted by molar-refractivity contribution is 5.86. The first-order chi connectivity index (χ1) is 10.6. The number of hydrogen-bond acceptors (Lipinski definition) is 2. The Hall–Kier alpha value is -1.83. The fraction of sp³-hybridized carbons (Fsp3) is 0.450. The largest absolute Gasteiger partial charge is 0.465 e. The minimum atomic E-state index is -0.0833. The first-order valence-corrected chi connectivity index (χ1v) is 8.25. The molecule has 2 heteroatoms. The molecule has 2 nitrogen and oxygen atoms in total. The van der Waals surface area contributed by atoms with Crippen LogP contribution in [0.15, 0.2) is 42.5 Å². The minimum absolute atomic E-state index is 0.0833. The third-order valence-corrected chi connectivity index (χ3v) is 3.89. The van der Waals surface area contributed by atoms with Gasteiger partial charge in [-0.1, -0.05) is 69.7 Å². The second kappa shape index (κ2) is 7.98. The summed E-state index contributed by atoms with van der Waals surface area (Å²) in [5.74, 6) is 0.530. The molecule has 0 saturated heterocycles.